The molecular formula is C14H18Br2O3. The second kappa shape index (κ2) is 9.37. The Morgan fingerprint density at radius 3 is 2.68 bits per heavy atom. The van der Waals surface area contributed by atoms with Crippen LogP contribution in [0.2, 0.25) is 0 Å². The molecule has 0 aliphatic heterocycles. The van der Waals surface area contributed by atoms with Gasteiger partial charge in [-0.05, 0) is 44.4 Å². The first kappa shape index (κ1) is 16.5. The number of carbonyl (C=O) groups excluding carboxylic acids is 1. The smallest absolute Gasteiger partial charge is 0.338 e. The minimum atomic E-state index is -0.326. The third-order valence-electron chi connectivity index (χ3n) is 2.43. The highest BCUT2D eigenvalue weighted by molar-refractivity contribution is 9.10. The van der Waals surface area contributed by atoms with Crippen molar-refractivity contribution in [3.8, 4) is 5.75 Å². The molecule has 1 aromatic carbocycles. The number of hydrogen-bond acceptors (Lipinski definition) is 3. The fourth-order valence-electron chi connectivity index (χ4n) is 1.54. The van der Waals surface area contributed by atoms with Crippen molar-refractivity contribution in [3.05, 3.63) is 28.2 Å². The third-order valence-corrected chi connectivity index (χ3v) is 3.45. The van der Waals surface area contributed by atoms with Gasteiger partial charge in [0.2, 0.25) is 0 Å². The van der Waals surface area contributed by atoms with Gasteiger partial charge >= 0.3 is 5.97 Å². The van der Waals surface area contributed by atoms with Crippen LogP contribution < -0.4 is 4.74 Å². The molecule has 0 bridgehead atoms. The Morgan fingerprint density at radius 2 is 2.00 bits per heavy atom. The molecule has 0 aliphatic carbocycles. The summed E-state index contributed by atoms with van der Waals surface area (Å²) in [4.78, 5) is 11.7. The van der Waals surface area contributed by atoms with Crippen LogP contribution >= 0.6 is 31.9 Å². The van der Waals surface area contributed by atoms with Crippen LogP contribution in [0.1, 0.15) is 36.5 Å². The molecule has 0 amide bonds. The van der Waals surface area contributed by atoms with Gasteiger partial charge in [0.05, 0.1) is 18.8 Å². The molecule has 3 nitrogen and oxygen atoms in total. The van der Waals surface area contributed by atoms with E-state index in [-0.39, 0.29) is 5.97 Å². The number of unbranched alkanes of at least 4 members (excludes halogenated alkanes) is 2. The van der Waals surface area contributed by atoms with Crippen molar-refractivity contribution in [2.45, 2.75) is 26.2 Å². The highest BCUT2D eigenvalue weighted by Gasteiger charge is 2.09. The van der Waals surface area contributed by atoms with Crippen LogP contribution in [0.5, 0.6) is 5.75 Å². The minimum absolute atomic E-state index is 0.326. The van der Waals surface area contributed by atoms with E-state index < -0.39 is 0 Å². The van der Waals surface area contributed by atoms with Crippen LogP contribution in [-0.4, -0.2) is 24.5 Å². The maximum atomic E-state index is 11.7. The SMILES string of the molecule is CCOC(=O)c1cc(Br)cc(OCCCCCBr)c1. The van der Waals surface area contributed by atoms with Crippen molar-refractivity contribution in [1.29, 1.82) is 0 Å². The van der Waals surface area contributed by atoms with E-state index in [4.69, 9.17) is 9.47 Å². The number of benzene rings is 1. The molecular weight excluding hydrogens is 376 g/mol. The van der Waals surface area contributed by atoms with Gasteiger partial charge in [-0.3, -0.25) is 0 Å². The van der Waals surface area contributed by atoms with E-state index in [9.17, 15) is 4.79 Å². The Balaban J connectivity index is 2.56. The average molecular weight is 394 g/mol. The summed E-state index contributed by atoms with van der Waals surface area (Å²) in [6.07, 6.45) is 3.28. The second-order valence-electron chi connectivity index (χ2n) is 3.99. The quantitative estimate of drug-likeness (QED) is 0.368. The lowest BCUT2D eigenvalue weighted by Crippen LogP contribution is -2.05. The summed E-state index contributed by atoms with van der Waals surface area (Å²) < 4.78 is 11.4. The summed E-state index contributed by atoms with van der Waals surface area (Å²) >= 11 is 6.77. The van der Waals surface area contributed by atoms with Crippen molar-refractivity contribution in [2.75, 3.05) is 18.5 Å². The van der Waals surface area contributed by atoms with Crippen LogP contribution in [0.4, 0.5) is 0 Å². The summed E-state index contributed by atoms with van der Waals surface area (Å²) in [5.74, 6) is 0.365. The molecule has 0 saturated heterocycles. The number of alkyl halides is 1. The summed E-state index contributed by atoms with van der Waals surface area (Å²) in [5, 5.41) is 1.02. The molecule has 0 aliphatic rings. The molecule has 0 N–H and O–H groups in total. The monoisotopic (exact) mass is 392 g/mol. The lowest BCUT2D eigenvalue weighted by atomic mass is 10.2. The molecule has 19 heavy (non-hydrogen) atoms. The predicted octanol–water partition coefficient (Wildman–Crippen LogP) is 4.57. The van der Waals surface area contributed by atoms with Gasteiger partial charge in [0.15, 0.2) is 0 Å². The van der Waals surface area contributed by atoms with Crippen molar-refractivity contribution in [2.24, 2.45) is 0 Å². The van der Waals surface area contributed by atoms with E-state index in [1.54, 1.807) is 19.1 Å². The Bertz CT molecular complexity index is 408. The Kier molecular flexibility index (Phi) is 8.14. The summed E-state index contributed by atoms with van der Waals surface area (Å²) in [5.41, 5.74) is 0.506. The topological polar surface area (TPSA) is 35.5 Å². The van der Waals surface area contributed by atoms with E-state index in [1.807, 2.05) is 6.07 Å². The Labute approximate surface area is 130 Å². The van der Waals surface area contributed by atoms with Crippen molar-refractivity contribution < 1.29 is 14.3 Å². The maximum absolute atomic E-state index is 11.7. The zero-order valence-corrected chi connectivity index (χ0v) is 14.1. The molecule has 0 aromatic heterocycles. The van der Waals surface area contributed by atoms with Crippen molar-refractivity contribution >= 4 is 37.8 Å². The van der Waals surface area contributed by atoms with Crippen molar-refractivity contribution in [3.63, 3.8) is 0 Å². The molecule has 5 heteroatoms. The largest absolute Gasteiger partial charge is 0.494 e. The number of ether oxygens (including phenoxy) is 2. The third kappa shape index (κ3) is 6.43. The Morgan fingerprint density at radius 1 is 1.21 bits per heavy atom. The maximum Gasteiger partial charge on any atom is 0.338 e. The van der Waals surface area contributed by atoms with Gasteiger partial charge in [0.25, 0.3) is 0 Å². The normalized spacial score (nSPS) is 10.3. The molecule has 106 valence electrons. The van der Waals surface area contributed by atoms with Gasteiger partial charge in [0.1, 0.15) is 5.75 Å². The van der Waals surface area contributed by atoms with E-state index in [2.05, 4.69) is 31.9 Å². The molecule has 0 spiro atoms. The number of carbonyl (C=O) groups is 1. The predicted molar refractivity (Wildman–Crippen MR) is 83.2 cm³/mol. The van der Waals surface area contributed by atoms with Crippen molar-refractivity contribution in [1.82, 2.24) is 0 Å². The van der Waals surface area contributed by atoms with Gasteiger partial charge in [-0.25, -0.2) is 4.79 Å². The first-order chi connectivity index (χ1) is 9.17. The van der Waals surface area contributed by atoms with E-state index in [0.717, 1.165) is 29.1 Å². The Hall–Kier alpha value is -0.550. The lowest BCUT2D eigenvalue weighted by molar-refractivity contribution is 0.0525. The first-order valence-corrected chi connectivity index (χ1v) is 8.25. The fraction of sp³-hybridized carbons (Fsp3) is 0.500. The molecule has 0 fully saturated rings. The van der Waals surface area contributed by atoms with Gasteiger partial charge in [0, 0.05) is 9.80 Å². The summed E-state index contributed by atoms with van der Waals surface area (Å²) in [7, 11) is 0. The lowest BCUT2D eigenvalue weighted by Gasteiger charge is -2.08. The first-order valence-electron chi connectivity index (χ1n) is 6.34. The van der Waals surface area contributed by atoms with Gasteiger partial charge < -0.3 is 9.47 Å². The van der Waals surface area contributed by atoms with Crippen LogP contribution in [0.25, 0.3) is 0 Å². The number of rotatable bonds is 8. The zero-order chi connectivity index (χ0) is 14.1. The zero-order valence-electron chi connectivity index (χ0n) is 11.0. The molecule has 0 saturated carbocycles. The van der Waals surface area contributed by atoms with E-state index in [0.29, 0.717) is 24.5 Å². The minimum Gasteiger partial charge on any atom is -0.494 e. The van der Waals surface area contributed by atoms with Crippen LogP contribution in [0.3, 0.4) is 0 Å². The van der Waals surface area contributed by atoms with Crippen LogP contribution in [0.15, 0.2) is 22.7 Å². The number of halogens is 2. The molecule has 1 aromatic rings. The van der Waals surface area contributed by atoms with Gasteiger partial charge in [-0.2, -0.15) is 0 Å². The number of hydrogen-bond donors (Lipinski definition) is 0. The highest BCUT2D eigenvalue weighted by atomic mass is 79.9. The second-order valence-corrected chi connectivity index (χ2v) is 5.70. The standard InChI is InChI=1S/C14H18Br2O3/c1-2-18-14(17)11-8-12(16)10-13(9-11)19-7-5-3-4-6-15/h8-10H,2-7H2,1H3. The summed E-state index contributed by atoms with van der Waals surface area (Å²) in [6.45, 7) is 2.82. The molecule has 0 atom stereocenters. The fourth-order valence-corrected chi connectivity index (χ4v) is 2.41. The van der Waals surface area contributed by atoms with Crippen LogP contribution in [-0.2, 0) is 4.74 Å². The molecule has 0 heterocycles. The van der Waals surface area contributed by atoms with Crippen LogP contribution in [0, 0.1) is 0 Å². The molecule has 1 rings (SSSR count). The molecule has 0 radical (unpaired) electrons. The number of esters is 1. The molecule has 0 unspecified atom stereocenters. The van der Waals surface area contributed by atoms with Gasteiger partial charge in [-0.15, -0.1) is 0 Å². The summed E-state index contributed by atoms with van der Waals surface area (Å²) in [6, 6.07) is 5.30. The van der Waals surface area contributed by atoms with E-state index in [1.165, 1.54) is 0 Å². The van der Waals surface area contributed by atoms with Gasteiger partial charge in [-0.1, -0.05) is 31.9 Å². The average Bonchev–Trinajstić information content (AvgIpc) is 2.38. The van der Waals surface area contributed by atoms with E-state index >= 15 is 0 Å². The highest BCUT2D eigenvalue weighted by Crippen LogP contribution is 2.22.